The van der Waals surface area contributed by atoms with Gasteiger partial charge in [0.15, 0.2) is 0 Å². The molecule has 0 radical (unpaired) electrons. The minimum atomic E-state index is -0.262. The second-order valence-electron chi connectivity index (χ2n) is 6.67. The van der Waals surface area contributed by atoms with Crippen LogP contribution in [0.25, 0.3) is 44.7 Å². The third-order valence-corrected chi connectivity index (χ3v) is 4.80. The minimum Gasteiger partial charge on any atom is -0.456 e. The van der Waals surface area contributed by atoms with Crippen LogP contribution >= 0.6 is 0 Å². The molecule has 2 aromatic heterocycles. The third-order valence-electron chi connectivity index (χ3n) is 4.80. The van der Waals surface area contributed by atoms with Gasteiger partial charge in [-0.1, -0.05) is 48.5 Å². The van der Waals surface area contributed by atoms with E-state index in [0.29, 0.717) is 5.76 Å². The first-order valence-electron chi connectivity index (χ1n) is 9.08. The number of pyridine rings is 1. The standard InChI is InChI=1S/C25H16FNO/c26-22-11-9-18(10-12-22)24-14-21-16-27-23(15-25(21)28-24)20-8-4-7-19(13-20)17-5-2-1-3-6-17/h1-16H. The quantitative estimate of drug-likeness (QED) is 0.345. The van der Waals surface area contributed by atoms with Gasteiger partial charge < -0.3 is 4.42 Å². The second kappa shape index (κ2) is 6.78. The minimum absolute atomic E-state index is 0.262. The number of fused-ring (bicyclic) bond motifs is 1. The maximum atomic E-state index is 13.2. The van der Waals surface area contributed by atoms with E-state index in [-0.39, 0.29) is 5.82 Å². The molecule has 28 heavy (non-hydrogen) atoms. The first-order valence-corrected chi connectivity index (χ1v) is 9.08. The number of hydrogen-bond acceptors (Lipinski definition) is 2. The monoisotopic (exact) mass is 365 g/mol. The van der Waals surface area contributed by atoms with Crippen molar-refractivity contribution in [3.63, 3.8) is 0 Å². The number of furan rings is 1. The van der Waals surface area contributed by atoms with E-state index in [0.717, 1.165) is 33.4 Å². The summed E-state index contributed by atoms with van der Waals surface area (Å²) in [5, 5.41) is 0.919. The molecule has 0 aliphatic heterocycles. The van der Waals surface area contributed by atoms with Gasteiger partial charge in [0.1, 0.15) is 17.2 Å². The van der Waals surface area contributed by atoms with Crippen molar-refractivity contribution in [3.05, 3.63) is 103 Å². The van der Waals surface area contributed by atoms with Crippen molar-refractivity contribution >= 4 is 11.0 Å². The Kier molecular flexibility index (Phi) is 3.99. The van der Waals surface area contributed by atoms with Crippen LogP contribution in [0, 0.1) is 5.82 Å². The Hall–Kier alpha value is -3.72. The molecule has 0 fully saturated rings. The predicted octanol–water partition coefficient (Wildman–Crippen LogP) is 6.97. The Morgan fingerprint density at radius 2 is 1.39 bits per heavy atom. The topological polar surface area (TPSA) is 26.0 Å². The van der Waals surface area contributed by atoms with Crippen LogP contribution in [0.4, 0.5) is 4.39 Å². The summed E-state index contributed by atoms with van der Waals surface area (Å²) in [6, 6.07) is 28.7. The van der Waals surface area contributed by atoms with Gasteiger partial charge in [-0.3, -0.25) is 4.98 Å². The lowest BCUT2D eigenvalue weighted by Gasteiger charge is -2.05. The van der Waals surface area contributed by atoms with Gasteiger partial charge in [0.25, 0.3) is 0 Å². The Morgan fingerprint density at radius 1 is 0.643 bits per heavy atom. The molecule has 0 bridgehead atoms. The van der Waals surface area contributed by atoms with Crippen LogP contribution < -0.4 is 0 Å². The van der Waals surface area contributed by atoms with E-state index in [9.17, 15) is 4.39 Å². The van der Waals surface area contributed by atoms with Crippen molar-refractivity contribution in [2.45, 2.75) is 0 Å². The number of aromatic nitrogens is 1. The molecular weight excluding hydrogens is 349 g/mol. The lowest BCUT2D eigenvalue weighted by Crippen LogP contribution is -1.84. The molecule has 0 aliphatic carbocycles. The van der Waals surface area contributed by atoms with E-state index in [1.54, 1.807) is 12.1 Å². The van der Waals surface area contributed by atoms with Gasteiger partial charge >= 0.3 is 0 Å². The van der Waals surface area contributed by atoms with Crippen molar-refractivity contribution < 1.29 is 8.81 Å². The number of halogens is 1. The molecule has 0 N–H and O–H groups in total. The average Bonchev–Trinajstić information content (AvgIpc) is 3.18. The lowest BCUT2D eigenvalue weighted by molar-refractivity contribution is 0.623. The summed E-state index contributed by atoms with van der Waals surface area (Å²) in [6.45, 7) is 0. The molecule has 0 amide bonds. The molecule has 5 aromatic rings. The molecule has 2 nitrogen and oxygen atoms in total. The van der Waals surface area contributed by atoms with Crippen LogP contribution in [-0.4, -0.2) is 4.98 Å². The molecule has 0 saturated carbocycles. The van der Waals surface area contributed by atoms with Gasteiger partial charge in [-0.05, 0) is 47.5 Å². The Bertz CT molecular complexity index is 1260. The van der Waals surface area contributed by atoms with E-state index < -0.39 is 0 Å². The van der Waals surface area contributed by atoms with Gasteiger partial charge in [-0.25, -0.2) is 4.39 Å². The van der Waals surface area contributed by atoms with Crippen LogP contribution in [-0.2, 0) is 0 Å². The van der Waals surface area contributed by atoms with Crippen molar-refractivity contribution in [1.82, 2.24) is 4.98 Å². The second-order valence-corrected chi connectivity index (χ2v) is 6.67. The number of hydrogen-bond donors (Lipinski definition) is 0. The Labute approximate surface area is 161 Å². The zero-order chi connectivity index (χ0) is 18.9. The molecule has 0 saturated heterocycles. The largest absolute Gasteiger partial charge is 0.456 e. The summed E-state index contributed by atoms with van der Waals surface area (Å²) >= 11 is 0. The predicted molar refractivity (Wildman–Crippen MR) is 110 cm³/mol. The fourth-order valence-corrected chi connectivity index (χ4v) is 3.34. The number of nitrogens with zero attached hydrogens (tertiary/aromatic N) is 1. The highest BCUT2D eigenvalue weighted by Crippen LogP contribution is 2.31. The molecule has 3 aromatic carbocycles. The number of rotatable bonds is 3. The first kappa shape index (κ1) is 16.5. The summed E-state index contributed by atoms with van der Waals surface area (Å²) in [6.07, 6.45) is 1.82. The van der Waals surface area contributed by atoms with Gasteiger partial charge in [-0.15, -0.1) is 0 Å². The van der Waals surface area contributed by atoms with Crippen molar-refractivity contribution in [3.8, 4) is 33.7 Å². The van der Waals surface area contributed by atoms with Gasteiger partial charge in [0.2, 0.25) is 0 Å². The highest BCUT2D eigenvalue weighted by Gasteiger charge is 2.10. The molecule has 3 heteroatoms. The van der Waals surface area contributed by atoms with Crippen LogP contribution in [0.1, 0.15) is 0 Å². The van der Waals surface area contributed by atoms with E-state index in [2.05, 4.69) is 29.2 Å². The molecule has 0 atom stereocenters. The average molecular weight is 365 g/mol. The maximum Gasteiger partial charge on any atom is 0.138 e. The Balaban J connectivity index is 1.54. The van der Waals surface area contributed by atoms with Gasteiger partial charge in [0, 0.05) is 28.8 Å². The normalized spacial score (nSPS) is 11.0. The third kappa shape index (κ3) is 3.08. The number of benzene rings is 3. The fourth-order valence-electron chi connectivity index (χ4n) is 3.34. The SMILES string of the molecule is Fc1ccc(-c2cc3cnc(-c4cccc(-c5ccccc5)c4)cc3o2)cc1. The summed E-state index contributed by atoms with van der Waals surface area (Å²) in [4.78, 5) is 4.61. The fraction of sp³-hybridized carbons (Fsp3) is 0. The van der Waals surface area contributed by atoms with E-state index >= 15 is 0 Å². The molecule has 0 spiro atoms. The van der Waals surface area contributed by atoms with Crippen molar-refractivity contribution in [2.24, 2.45) is 0 Å². The summed E-state index contributed by atoms with van der Waals surface area (Å²) in [7, 11) is 0. The highest BCUT2D eigenvalue weighted by molar-refractivity contribution is 5.85. The highest BCUT2D eigenvalue weighted by atomic mass is 19.1. The van der Waals surface area contributed by atoms with Crippen LogP contribution in [0.3, 0.4) is 0 Å². The molecule has 0 unspecified atom stereocenters. The molecule has 5 rings (SSSR count). The molecular formula is C25H16FNO. The molecule has 0 aliphatic rings. The van der Waals surface area contributed by atoms with Crippen LogP contribution in [0.15, 0.2) is 102 Å². The van der Waals surface area contributed by atoms with Crippen molar-refractivity contribution in [1.29, 1.82) is 0 Å². The maximum absolute atomic E-state index is 13.2. The zero-order valence-electron chi connectivity index (χ0n) is 15.0. The zero-order valence-corrected chi connectivity index (χ0v) is 15.0. The van der Waals surface area contributed by atoms with Crippen LogP contribution in [0.5, 0.6) is 0 Å². The van der Waals surface area contributed by atoms with Crippen LogP contribution in [0.2, 0.25) is 0 Å². The smallest absolute Gasteiger partial charge is 0.138 e. The first-order chi connectivity index (χ1) is 13.8. The molecule has 134 valence electrons. The van der Waals surface area contributed by atoms with Gasteiger partial charge in [-0.2, -0.15) is 0 Å². The van der Waals surface area contributed by atoms with Crippen molar-refractivity contribution in [2.75, 3.05) is 0 Å². The lowest BCUT2D eigenvalue weighted by atomic mass is 10.0. The summed E-state index contributed by atoms with van der Waals surface area (Å²) < 4.78 is 19.2. The van der Waals surface area contributed by atoms with E-state index in [1.807, 2.05) is 48.7 Å². The molecule has 2 heterocycles. The Morgan fingerprint density at radius 3 is 2.21 bits per heavy atom. The van der Waals surface area contributed by atoms with Gasteiger partial charge in [0.05, 0.1) is 5.69 Å². The van der Waals surface area contributed by atoms with E-state index in [4.69, 9.17) is 4.42 Å². The van der Waals surface area contributed by atoms with E-state index in [1.165, 1.54) is 17.7 Å². The summed E-state index contributed by atoms with van der Waals surface area (Å²) in [5.41, 5.74) is 5.79. The summed E-state index contributed by atoms with van der Waals surface area (Å²) in [5.74, 6) is 0.439.